The Bertz CT molecular complexity index is 1370. The Hall–Kier alpha value is -4.12. The molecule has 4 heterocycles. The van der Waals surface area contributed by atoms with E-state index >= 15 is 0 Å². The number of rotatable bonds is 10. The number of Topliss-reactive ketones (excluding diaryl/α,β-unsaturated/α-hetero) is 1. The molecular formula is C29H32N6O4S. The van der Waals surface area contributed by atoms with Crippen molar-refractivity contribution in [2.24, 2.45) is 0 Å². The van der Waals surface area contributed by atoms with Crippen molar-refractivity contribution in [3.05, 3.63) is 76.4 Å². The summed E-state index contributed by atoms with van der Waals surface area (Å²) in [4.78, 5) is 64.4. The molecule has 1 aromatic carbocycles. The van der Waals surface area contributed by atoms with Gasteiger partial charge in [-0.25, -0.2) is 9.97 Å². The molecule has 0 aliphatic carbocycles. The molecule has 2 saturated heterocycles. The van der Waals surface area contributed by atoms with Crippen LogP contribution in [0.2, 0.25) is 0 Å². The fourth-order valence-electron chi connectivity index (χ4n) is 5.47. The number of nitrogens with two attached hydrogens (primary N) is 1. The van der Waals surface area contributed by atoms with Crippen LogP contribution in [0.4, 0.5) is 5.82 Å². The highest BCUT2D eigenvalue weighted by atomic mass is 32.1. The lowest BCUT2D eigenvalue weighted by Crippen LogP contribution is -2.60. The molecule has 5 rings (SSSR count). The summed E-state index contributed by atoms with van der Waals surface area (Å²) in [5, 5.41) is 4.93. The first kappa shape index (κ1) is 27.4. The summed E-state index contributed by atoms with van der Waals surface area (Å²) in [7, 11) is 0. The zero-order chi connectivity index (χ0) is 28.1. The molecule has 40 heavy (non-hydrogen) atoms. The quantitative estimate of drug-likeness (QED) is 0.363. The van der Waals surface area contributed by atoms with Crippen LogP contribution in [-0.4, -0.2) is 74.5 Å². The van der Waals surface area contributed by atoms with E-state index in [0.29, 0.717) is 55.9 Å². The summed E-state index contributed by atoms with van der Waals surface area (Å²) in [6.07, 6.45) is 4.34. The summed E-state index contributed by atoms with van der Waals surface area (Å²) in [6, 6.07) is 13.4. The predicted molar refractivity (Wildman–Crippen MR) is 150 cm³/mol. The number of amides is 3. The highest BCUT2D eigenvalue weighted by Crippen LogP contribution is 2.29. The van der Waals surface area contributed by atoms with Gasteiger partial charge in [0.2, 0.25) is 23.5 Å². The van der Waals surface area contributed by atoms with E-state index in [1.807, 2.05) is 36.4 Å². The predicted octanol–water partition coefficient (Wildman–Crippen LogP) is 2.26. The van der Waals surface area contributed by atoms with Crippen LogP contribution >= 0.6 is 11.3 Å². The molecular weight excluding hydrogens is 528 g/mol. The molecule has 3 aromatic rings. The van der Waals surface area contributed by atoms with Crippen LogP contribution in [0.3, 0.4) is 0 Å². The monoisotopic (exact) mass is 560 g/mol. The second kappa shape index (κ2) is 12.4. The van der Waals surface area contributed by atoms with Gasteiger partial charge in [-0.2, -0.15) is 0 Å². The average molecular weight is 561 g/mol. The number of carbonyl (C=O) groups excluding carboxylic acids is 4. The third kappa shape index (κ3) is 6.36. The second-order valence-corrected chi connectivity index (χ2v) is 11.1. The molecule has 208 valence electrons. The van der Waals surface area contributed by atoms with Crippen molar-refractivity contribution in [2.45, 2.75) is 56.7 Å². The van der Waals surface area contributed by atoms with Crippen molar-refractivity contribution in [1.29, 1.82) is 0 Å². The largest absolute Gasteiger partial charge is 0.384 e. The Morgan fingerprint density at radius 2 is 1.90 bits per heavy atom. The molecule has 0 radical (unpaired) electrons. The van der Waals surface area contributed by atoms with Crippen molar-refractivity contribution >= 4 is 40.7 Å². The number of fused-ring (bicyclic) bond motifs is 1. The van der Waals surface area contributed by atoms with Gasteiger partial charge in [0.05, 0.1) is 18.6 Å². The smallest absolute Gasteiger partial charge is 0.243 e. The van der Waals surface area contributed by atoms with E-state index in [2.05, 4.69) is 15.3 Å². The van der Waals surface area contributed by atoms with Gasteiger partial charge in [0.25, 0.3) is 0 Å². The first-order valence-electron chi connectivity index (χ1n) is 13.5. The third-order valence-electron chi connectivity index (χ3n) is 7.47. The molecule has 3 amide bonds. The summed E-state index contributed by atoms with van der Waals surface area (Å²) in [5.41, 5.74) is 7.59. The second-order valence-electron chi connectivity index (χ2n) is 10.2. The number of nitrogens with zero attached hydrogens (tertiary/aromatic N) is 4. The van der Waals surface area contributed by atoms with Gasteiger partial charge in [0.15, 0.2) is 5.01 Å². The van der Waals surface area contributed by atoms with Crippen molar-refractivity contribution in [3.8, 4) is 0 Å². The number of hydrogen-bond donors (Lipinski definition) is 2. The Morgan fingerprint density at radius 3 is 2.65 bits per heavy atom. The van der Waals surface area contributed by atoms with Crippen molar-refractivity contribution in [1.82, 2.24) is 25.1 Å². The lowest BCUT2D eigenvalue weighted by atomic mass is 10.0. The minimum Gasteiger partial charge on any atom is -0.384 e. The van der Waals surface area contributed by atoms with Gasteiger partial charge in [0.1, 0.15) is 11.9 Å². The average Bonchev–Trinajstić information content (AvgIpc) is 3.65. The summed E-state index contributed by atoms with van der Waals surface area (Å²) < 4.78 is 0. The number of thiazole rings is 1. The fraction of sp³-hybridized carbons (Fsp3) is 0.379. The molecule has 0 spiro atoms. The maximum atomic E-state index is 13.5. The molecule has 11 heteroatoms. The Morgan fingerprint density at radius 1 is 1.07 bits per heavy atom. The van der Waals surface area contributed by atoms with E-state index in [4.69, 9.17) is 5.73 Å². The highest BCUT2D eigenvalue weighted by Gasteiger charge is 2.46. The molecule has 2 aromatic heterocycles. The van der Waals surface area contributed by atoms with E-state index < -0.39 is 12.1 Å². The normalized spacial score (nSPS) is 19.2. The number of carbonyl (C=O) groups is 4. The lowest BCUT2D eigenvalue weighted by molar-refractivity contribution is -0.151. The standard InChI is InChI=1S/C29H32N6O4S/c30-24-8-4-7-20(32-24)10-12-22(27(38)29-31-15-16-40-29)33-28(39)23-13-11-21-17-34(18-26(37)35(21)23)25(36)14-9-19-5-2-1-3-6-19/h1-8,15-16,21-23H,9-14,17-18H2,(H2,30,32)(H,33,39). The number of piperazine rings is 1. The summed E-state index contributed by atoms with van der Waals surface area (Å²) >= 11 is 1.22. The molecule has 3 N–H and O–H groups in total. The van der Waals surface area contributed by atoms with E-state index in [1.165, 1.54) is 11.3 Å². The molecule has 0 saturated carbocycles. The summed E-state index contributed by atoms with van der Waals surface area (Å²) in [5.74, 6) is -0.558. The van der Waals surface area contributed by atoms with Gasteiger partial charge in [-0.1, -0.05) is 36.4 Å². The van der Waals surface area contributed by atoms with Gasteiger partial charge in [-0.3, -0.25) is 19.2 Å². The number of anilines is 1. The number of nitrogens with one attached hydrogen (secondary N) is 1. The highest BCUT2D eigenvalue weighted by molar-refractivity contribution is 7.11. The van der Waals surface area contributed by atoms with Gasteiger partial charge in [-0.15, -0.1) is 11.3 Å². The number of hydrogen-bond acceptors (Lipinski definition) is 8. The molecule has 2 aliphatic rings. The number of nitrogen functional groups attached to an aromatic ring is 1. The zero-order valence-electron chi connectivity index (χ0n) is 22.1. The van der Waals surface area contributed by atoms with Crippen LogP contribution in [0.15, 0.2) is 60.1 Å². The van der Waals surface area contributed by atoms with Crippen LogP contribution in [-0.2, 0) is 27.2 Å². The van der Waals surface area contributed by atoms with Crippen molar-refractivity contribution in [2.75, 3.05) is 18.8 Å². The molecule has 10 nitrogen and oxygen atoms in total. The van der Waals surface area contributed by atoms with Crippen molar-refractivity contribution < 1.29 is 19.2 Å². The Labute approximate surface area is 236 Å². The van der Waals surface area contributed by atoms with Gasteiger partial charge >= 0.3 is 0 Å². The van der Waals surface area contributed by atoms with Crippen LogP contribution in [0.1, 0.15) is 46.7 Å². The summed E-state index contributed by atoms with van der Waals surface area (Å²) in [6.45, 7) is 0.363. The third-order valence-corrected chi connectivity index (χ3v) is 8.25. The van der Waals surface area contributed by atoms with Crippen molar-refractivity contribution in [3.63, 3.8) is 0 Å². The Balaban J connectivity index is 1.22. The number of aromatic nitrogens is 2. The maximum Gasteiger partial charge on any atom is 0.243 e. The van der Waals surface area contributed by atoms with Crippen LogP contribution in [0, 0.1) is 0 Å². The number of aryl methyl sites for hydroxylation is 2. The number of benzene rings is 1. The number of ketones is 1. The minimum absolute atomic E-state index is 0.0452. The van der Waals surface area contributed by atoms with Crippen LogP contribution in [0.5, 0.6) is 0 Å². The molecule has 2 fully saturated rings. The van der Waals surface area contributed by atoms with E-state index in [-0.39, 0.29) is 36.1 Å². The van der Waals surface area contributed by atoms with Crippen LogP contribution < -0.4 is 11.1 Å². The molecule has 2 aliphatic heterocycles. The lowest BCUT2D eigenvalue weighted by Gasteiger charge is -2.39. The van der Waals surface area contributed by atoms with Crippen LogP contribution in [0.25, 0.3) is 0 Å². The maximum absolute atomic E-state index is 13.5. The van der Waals surface area contributed by atoms with Gasteiger partial charge in [-0.05, 0) is 49.8 Å². The molecule has 3 unspecified atom stereocenters. The van der Waals surface area contributed by atoms with E-state index in [1.54, 1.807) is 33.5 Å². The number of pyridine rings is 1. The fourth-order valence-corrected chi connectivity index (χ4v) is 6.10. The van der Waals surface area contributed by atoms with Gasteiger partial charge < -0.3 is 20.9 Å². The van der Waals surface area contributed by atoms with E-state index in [9.17, 15) is 19.2 Å². The minimum atomic E-state index is -0.822. The Kier molecular flexibility index (Phi) is 8.49. The van der Waals surface area contributed by atoms with Gasteiger partial charge in [0, 0.05) is 30.2 Å². The first-order chi connectivity index (χ1) is 19.4. The SMILES string of the molecule is Nc1cccc(CCC(NC(=O)C2CCC3CN(C(=O)CCc4ccccc4)CC(=O)N32)C(=O)c2nccs2)n1. The molecule has 0 bridgehead atoms. The first-order valence-corrected chi connectivity index (χ1v) is 14.4. The topological polar surface area (TPSA) is 139 Å². The zero-order valence-corrected chi connectivity index (χ0v) is 22.9. The van der Waals surface area contributed by atoms with E-state index in [0.717, 1.165) is 11.3 Å². The molecule has 3 atom stereocenters.